The average molecular weight is 858 g/mol. The van der Waals surface area contributed by atoms with Crippen LogP contribution < -0.4 is 9.80 Å². The Morgan fingerprint density at radius 2 is 1.33 bits per heavy atom. The molecule has 1 aliphatic heterocycles. The molecule has 2 aromatic heterocycles. The molecule has 0 fully saturated rings. The summed E-state index contributed by atoms with van der Waals surface area (Å²) in [6.45, 7) is 5.30. The smallest absolute Gasteiger partial charge is 0.349 e. The Balaban J connectivity index is 0.00000374. The summed E-state index contributed by atoms with van der Waals surface area (Å²) in [5, 5.41) is 2.34. The molecule has 0 N–H and O–H groups in total. The maximum atomic E-state index is 4.94. The first-order valence-corrected chi connectivity index (χ1v) is 17.8. The molecule has 0 radical (unpaired) electrons. The third-order valence-corrected chi connectivity index (χ3v) is 10.4. The van der Waals surface area contributed by atoms with E-state index in [0.29, 0.717) is 6.04 Å². The molecule has 0 saturated heterocycles. The van der Waals surface area contributed by atoms with E-state index in [-0.39, 0.29) is 21.1 Å². The molecule has 9 rings (SSSR count). The number of nitrogens with zero attached hydrogens (tertiary/aromatic N) is 4. The van der Waals surface area contributed by atoms with E-state index >= 15 is 0 Å². The van der Waals surface area contributed by atoms with Gasteiger partial charge in [-0.05, 0) is 71.8 Å². The predicted molar refractivity (Wildman–Crippen MR) is 209 cm³/mol. The van der Waals surface area contributed by atoms with Gasteiger partial charge in [0.05, 0.1) is 18.0 Å². The van der Waals surface area contributed by atoms with Crippen LogP contribution in [0.25, 0.3) is 49.9 Å². The SMILES string of the molecule is CC(C)N1CN(c2[c-]c(Sc3[c-]c4c(cc3)c3ccccc3n4-c3cc(-c4ccccc4-c4ccccc4)ccn3)ccc2)c2ccccc21.[Pt+2]. The summed E-state index contributed by atoms with van der Waals surface area (Å²) in [4.78, 5) is 11.8. The van der Waals surface area contributed by atoms with E-state index in [0.717, 1.165) is 49.9 Å². The summed E-state index contributed by atoms with van der Waals surface area (Å²) in [5.41, 5.74) is 10.4. The maximum Gasteiger partial charge on any atom is 2.00 e. The van der Waals surface area contributed by atoms with Crippen LogP contribution in [-0.2, 0) is 21.1 Å². The van der Waals surface area contributed by atoms with Crippen LogP contribution in [0.2, 0.25) is 0 Å². The molecule has 0 saturated carbocycles. The first kappa shape index (κ1) is 33.1. The van der Waals surface area contributed by atoms with Gasteiger partial charge in [0.15, 0.2) is 0 Å². The van der Waals surface area contributed by atoms with Crippen LogP contribution in [0, 0.1) is 12.1 Å². The van der Waals surface area contributed by atoms with Gasteiger partial charge in [0.25, 0.3) is 0 Å². The molecule has 8 aromatic rings. The summed E-state index contributed by atoms with van der Waals surface area (Å²) < 4.78 is 2.26. The Morgan fingerprint density at radius 3 is 2.16 bits per heavy atom. The molecule has 3 heterocycles. The zero-order valence-corrected chi connectivity index (χ0v) is 31.3. The van der Waals surface area contributed by atoms with E-state index in [4.69, 9.17) is 4.98 Å². The molecule has 1 aliphatic rings. The fourth-order valence-electron chi connectivity index (χ4n) is 7.14. The molecule has 6 aromatic carbocycles. The van der Waals surface area contributed by atoms with Crippen molar-refractivity contribution in [3.05, 3.63) is 164 Å². The standard InChI is InChI=1S/C45H34N4S.Pt/c1-31(2)47-30-48(43-22-11-10-21-42(43)47)34-15-12-16-35(28-34)50-36-23-24-40-39-19-8-9-20-41(39)49(44(40)29-36)45-27-33(25-26-46-45)38-18-7-6-17-37(38)32-13-4-3-5-14-32;/h3-27,31H,30H2,1-2H3;/q-2;+2. The zero-order valence-electron chi connectivity index (χ0n) is 28.2. The fourth-order valence-corrected chi connectivity index (χ4v) is 7.97. The van der Waals surface area contributed by atoms with Crippen LogP contribution in [0.1, 0.15) is 13.8 Å². The van der Waals surface area contributed by atoms with Crippen molar-refractivity contribution >= 4 is 50.6 Å². The number of anilines is 3. The van der Waals surface area contributed by atoms with Gasteiger partial charge in [-0.25, -0.2) is 4.98 Å². The average Bonchev–Trinajstić information content (AvgIpc) is 3.72. The number of aromatic nitrogens is 2. The molecule has 0 amide bonds. The topological polar surface area (TPSA) is 24.3 Å². The van der Waals surface area contributed by atoms with Gasteiger partial charge in [-0.3, -0.25) is 0 Å². The number of hydrogen-bond acceptors (Lipinski definition) is 4. The molecule has 6 heteroatoms. The van der Waals surface area contributed by atoms with Crippen molar-refractivity contribution in [3.8, 4) is 28.1 Å². The Morgan fingerprint density at radius 1 is 0.627 bits per heavy atom. The first-order valence-electron chi connectivity index (χ1n) is 17.0. The van der Waals surface area contributed by atoms with Gasteiger partial charge in [0.2, 0.25) is 0 Å². The Hall–Kier alpha value is -5.09. The van der Waals surface area contributed by atoms with Gasteiger partial charge < -0.3 is 14.4 Å². The van der Waals surface area contributed by atoms with Gasteiger partial charge in [0, 0.05) is 17.8 Å². The van der Waals surface area contributed by atoms with Crippen LogP contribution >= 0.6 is 11.8 Å². The maximum absolute atomic E-state index is 4.94. The Labute approximate surface area is 317 Å². The van der Waals surface area contributed by atoms with Gasteiger partial charge in [-0.1, -0.05) is 96.1 Å². The predicted octanol–water partition coefficient (Wildman–Crippen LogP) is 11.6. The molecule has 0 bridgehead atoms. The molecule has 0 aliphatic carbocycles. The molecule has 250 valence electrons. The van der Waals surface area contributed by atoms with Crippen LogP contribution in [0.3, 0.4) is 0 Å². The van der Waals surface area contributed by atoms with E-state index in [1.807, 2.05) is 6.20 Å². The minimum absolute atomic E-state index is 0. The second kappa shape index (κ2) is 13.9. The number of benzene rings is 6. The van der Waals surface area contributed by atoms with Crippen LogP contribution in [-0.4, -0.2) is 22.3 Å². The van der Waals surface area contributed by atoms with Crippen molar-refractivity contribution in [1.82, 2.24) is 9.55 Å². The minimum atomic E-state index is 0. The molecule has 0 spiro atoms. The molecule has 4 nitrogen and oxygen atoms in total. The van der Waals surface area contributed by atoms with E-state index < -0.39 is 0 Å². The largest absolute Gasteiger partial charge is 2.00 e. The normalized spacial score (nSPS) is 12.5. The first-order chi connectivity index (χ1) is 24.6. The van der Waals surface area contributed by atoms with Crippen molar-refractivity contribution in [1.29, 1.82) is 0 Å². The molecule has 51 heavy (non-hydrogen) atoms. The van der Waals surface area contributed by atoms with Crippen LogP contribution in [0.4, 0.5) is 17.1 Å². The second-order valence-corrected chi connectivity index (χ2v) is 14.0. The summed E-state index contributed by atoms with van der Waals surface area (Å²) in [6, 6.07) is 59.4. The molecule has 0 unspecified atom stereocenters. The van der Waals surface area contributed by atoms with E-state index in [1.54, 1.807) is 11.8 Å². The summed E-state index contributed by atoms with van der Waals surface area (Å²) in [6.07, 6.45) is 1.92. The van der Waals surface area contributed by atoms with Gasteiger partial charge >= 0.3 is 21.1 Å². The third-order valence-electron chi connectivity index (χ3n) is 9.52. The Bertz CT molecular complexity index is 2510. The number of pyridine rings is 1. The quantitative estimate of drug-likeness (QED) is 0.149. The minimum Gasteiger partial charge on any atom is -0.349 e. The van der Waals surface area contributed by atoms with Crippen LogP contribution in [0.15, 0.2) is 162 Å². The van der Waals surface area contributed by atoms with Crippen LogP contribution in [0.5, 0.6) is 0 Å². The summed E-state index contributed by atoms with van der Waals surface area (Å²) in [7, 11) is 0. The molecular weight excluding hydrogens is 824 g/mol. The van der Waals surface area contributed by atoms with E-state index in [9.17, 15) is 0 Å². The van der Waals surface area contributed by atoms with E-state index in [1.165, 1.54) is 33.5 Å². The van der Waals surface area contributed by atoms with Gasteiger partial charge in [-0.2, -0.15) is 24.3 Å². The fraction of sp³-hybridized carbons (Fsp3) is 0.0889. The summed E-state index contributed by atoms with van der Waals surface area (Å²) >= 11 is 1.69. The van der Waals surface area contributed by atoms with Crippen molar-refractivity contribution in [2.24, 2.45) is 0 Å². The number of hydrogen-bond donors (Lipinski definition) is 0. The summed E-state index contributed by atoms with van der Waals surface area (Å²) in [5.74, 6) is 0.867. The van der Waals surface area contributed by atoms with E-state index in [2.05, 4.69) is 186 Å². The molecular formula is C45H34N4PtS. The second-order valence-electron chi connectivity index (χ2n) is 12.9. The molecule has 0 atom stereocenters. The zero-order chi connectivity index (χ0) is 33.6. The Kier molecular flexibility index (Phi) is 9.02. The van der Waals surface area contributed by atoms with Crippen molar-refractivity contribution in [2.45, 2.75) is 29.7 Å². The van der Waals surface area contributed by atoms with Crippen molar-refractivity contribution in [2.75, 3.05) is 16.5 Å². The monoisotopic (exact) mass is 857 g/mol. The number of rotatable bonds is 7. The van der Waals surface area contributed by atoms with Crippen molar-refractivity contribution < 1.29 is 21.1 Å². The van der Waals surface area contributed by atoms with Gasteiger partial charge in [-0.15, -0.1) is 45.1 Å². The number of fused-ring (bicyclic) bond motifs is 4. The van der Waals surface area contributed by atoms with Gasteiger partial charge in [0.1, 0.15) is 5.82 Å². The third kappa shape index (κ3) is 6.05. The van der Waals surface area contributed by atoms with Crippen molar-refractivity contribution in [3.63, 3.8) is 0 Å². The number of para-hydroxylation sites is 3.